The molecule has 3 fully saturated rings. The lowest BCUT2D eigenvalue weighted by Gasteiger charge is -2.49. The van der Waals surface area contributed by atoms with Crippen LogP contribution in [0.5, 0.6) is 0 Å². The molecule has 0 aromatic heterocycles. The van der Waals surface area contributed by atoms with E-state index in [1.165, 1.54) is 38.5 Å². The van der Waals surface area contributed by atoms with E-state index in [0.29, 0.717) is 35.0 Å². The summed E-state index contributed by atoms with van der Waals surface area (Å²) in [6.45, 7) is 12.8. The molecule has 1 saturated heterocycles. The first-order chi connectivity index (χ1) is 15.2. The molecule has 1 amide bonds. The molecule has 3 aliphatic rings. The van der Waals surface area contributed by atoms with Gasteiger partial charge in [0, 0.05) is 32.2 Å². The number of methoxy groups -OCH3 is 1. The third-order valence-electron chi connectivity index (χ3n) is 8.75. The molecule has 32 heavy (non-hydrogen) atoms. The molecule has 3 rings (SSSR count). The Labute approximate surface area is 202 Å². The van der Waals surface area contributed by atoms with Crippen molar-refractivity contribution in [2.45, 2.75) is 96.9 Å². The molecule has 2 saturated carbocycles. The third kappa shape index (κ3) is 6.85. The van der Waals surface area contributed by atoms with Gasteiger partial charge in [0.25, 0.3) is 0 Å². The van der Waals surface area contributed by atoms with Crippen molar-refractivity contribution >= 4 is 17.5 Å². The van der Waals surface area contributed by atoms with Gasteiger partial charge >= 0.3 is 0 Å². The monoisotopic (exact) mass is 468 g/mol. The van der Waals surface area contributed by atoms with Crippen molar-refractivity contribution in [1.82, 2.24) is 10.2 Å². The predicted molar refractivity (Wildman–Crippen MR) is 134 cm³/mol. The van der Waals surface area contributed by atoms with Crippen molar-refractivity contribution < 1.29 is 9.53 Å². The fourth-order valence-corrected chi connectivity index (χ4v) is 7.24. The van der Waals surface area contributed by atoms with Gasteiger partial charge in [-0.15, -0.1) is 11.6 Å². The molecule has 4 atom stereocenters. The van der Waals surface area contributed by atoms with Crippen LogP contribution in [-0.4, -0.2) is 55.6 Å². The first-order valence-corrected chi connectivity index (χ1v) is 13.8. The van der Waals surface area contributed by atoms with E-state index in [1.54, 1.807) is 0 Å². The van der Waals surface area contributed by atoms with Crippen LogP contribution in [0.4, 0.5) is 0 Å². The van der Waals surface area contributed by atoms with Crippen molar-refractivity contribution in [3.05, 3.63) is 0 Å². The lowest BCUT2D eigenvalue weighted by Crippen LogP contribution is -2.56. The molecule has 0 spiro atoms. The normalized spacial score (nSPS) is 34.5. The van der Waals surface area contributed by atoms with Gasteiger partial charge < -0.3 is 15.0 Å². The Hall–Kier alpha value is -0.320. The zero-order valence-corrected chi connectivity index (χ0v) is 22.1. The summed E-state index contributed by atoms with van der Waals surface area (Å²) in [5.74, 6) is 3.46. The zero-order valence-electron chi connectivity index (χ0n) is 21.4. The van der Waals surface area contributed by atoms with Crippen molar-refractivity contribution in [1.29, 1.82) is 0 Å². The van der Waals surface area contributed by atoms with Crippen LogP contribution < -0.4 is 5.32 Å². The Bertz CT molecular complexity index is 586. The molecular formula is C27H49ClN2O2. The molecule has 5 heteroatoms. The highest BCUT2D eigenvalue weighted by atomic mass is 35.5. The van der Waals surface area contributed by atoms with Crippen molar-refractivity contribution in [3.8, 4) is 0 Å². The molecule has 0 radical (unpaired) electrons. The highest BCUT2D eigenvalue weighted by Gasteiger charge is 2.43. The number of carbonyl (C=O) groups is 1. The van der Waals surface area contributed by atoms with Crippen LogP contribution in [-0.2, 0) is 9.53 Å². The summed E-state index contributed by atoms with van der Waals surface area (Å²) in [7, 11) is 1.81. The van der Waals surface area contributed by atoms with Gasteiger partial charge in [-0.25, -0.2) is 0 Å². The lowest BCUT2D eigenvalue weighted by molar-refractivity contribution is -0.140. The summed E-state index contributed by atoms with van der Waals surface area (Å²) in [5, 5.41) is 4.09. The summed E-state index contributed by atoms with van der Waals surface area (Å²) in [4.78, 5) is 15.8. The highest BCUT2D eigenvalue weighted by Crippen LogP contribution is 2.45. The van der Waals surface area contributed by atoms with Gasteiger partial charge in [-0.05, 0) is 92.9 Å². The third-order valence-corrected chi connectivity index (χ3v) is 9.18. The summed E-state index contributed by atoms with van der Waals surface area (Å²) in [5.41, 5.74) is 0.177. The van der Waals surface area contributed by atoms with Crippen molar-refractivity contribution in [2.75, 3.05) is 33.4 Å². The number of piperidine rings is 1. The van der Waals surface area contributed by atoms with E-state index in [1.807, 2.05) is 7.11 Å². The van der Waals surface area contributed by atoms with Crippen LogP contribution in [0, 0.1) is 35.0 Å². The Kier molecular flexibility index (Phi) is 9.77. The second-order valence-corrected chi connectivity index (χ2v) is 12.8. The van der Waals surface area contributed by atoms with E-state index in [4.69, 9.17) is 16.3 Å². The zero-order chi connectivity index (χ0) is 23.3. The maximum atomic E-state index is 13.6. The fraction of sp³-hybridized carbons (Fsp3) is 0.963. The first kappa shape index (κ1) is 26.3. The van der Waals surface area contributed by atoms with Crippen molar-refractivity contribution in [2.24, 2.45) is 35.0 Å². The van der Waals surface area contributed by atoms with E-state index >= 15 is 0 Å². The number of alkyl halides is 1. The SMILES string of the molecule is COC[C@H]1CCC[C@@H](CN[C@@H](C(=O)N2CCC(C3CCC(Cl)CC3)C(C)(C)C2)C(C)C)C1. The molecule has 2 aliphatic carbocycles. The average Bonchev–Trinajstić information content (AvgIpc) is 2.74. The molecule has 1 N–H and O–H groups in total. The van der Waals surface area contributed by atoms with Gasteiger partial charge in [0.15, 0.2) is 0 Å². The largest absolute Gasteiger partial charge is 0.384 e. The number of nitrogens with one attached hydrogen (secondary N) is 1. The fourth-order valence-electron chi connectivity index (χ4n) is 6.99. The van der Waals surface area contributed by atoms with Gasteiger partial charge in [-0.2, -0.15) is 0 Å². The molecular weight excluding hydrogens is 420 g/mol. The molecule has 0 aromatic rings. The molecule has 4 nitrogen and oxygen atoms in total. The summed E-state index contributed by atoms with van der Waals surface area (Å²) in [6, 6.07) is -0.0724. The number of likely N-dealkylation sites (tertiary alicyclic amines) is 1. The number of hydrogen-bond donors (Lipinski definition) is 1. The topological polar surface area (TPSA) is 41.6 Å². The minimum Gasteiger partial charge on any atom is -0.384 e. The Balaban J connectivity index is 1.54. The van der Waals surface area contributed by atoms with E-state index in [9.17, 15) is 4.79 Å². The lowest BCUT2D eigenvalue weighted by atomic mass is 9.64. The van der Waals surface area contributed by atoms with Gasteiger partial charge in [-0.1, -0.05) is 34.1 Å². The maximum Gasteiger partial charge on any atom is 0.239 e. The Morgan fingerprint density at radius 1 is 1.09 bits per heavy atom. The van der Waals surface area contributed by atoms with E-state index in [2.05, 4.69) is 37.9 Å². The Morgan fingerprint density at radius 3 is 2.41 bits per heavy atom. The maximum absolute atomic E-state index is 13.6. The number of amides is 1. The minimum atomic E-state index is -0.0724. The smallest absolute Gasteiger partial charge is 0.239 e. The number of nitrogens with zero attached hydrogens (tertiary/aromatic N) is 1. The van der Waals surface area contributed by atoms with Gasteiger partial charge in [0.05, 0.1) is 6.04 Å². The van der Waals surface area contributed by atoms with Gasteiger partial charge in [-0.3, -0.25) is 4.79 Å². The van der Waals surface area contributed by atoms with Crippen LogP contribution in [0.2, 0.25) is 0 Å². The van der Waals surface area contributed by atoms with Crippen LogP contribution >= 0.6 is 11.6 Å². The molecule has 0 aromatic carbocycles. The molecule has 1 heterocycles. The van der Waals surface area contributed by atoms with E-state index in [-0.39, 0.29) is 11.5 Å². The van der Waals surface area contributed by atoms with Gasteiger partial charge in [0.1, 0.15) is 0 Å². The quantitative estimate of drug-likeness (QED) is 0.463. The average molecular weight is 469 g/mol. The van der Waals surface area contributed by atoms with Crippen LogP contribution in [0.25, 0.3) is 0 Å². The van der Waals surface area contributed by atoms with Gasteiger partial charge in [0.2, 0.25) is 5.91 Å². The summed E-state index contributed by atoms with van der Waals surface area (Å²) in [6.07, 6.45) is 11.1. The molecule has 1 unspecified atom stereocenters. The number of hydrogen-bond acceptors (Lipinski definition) is 3. The van der Waals surface area contributed by atoms with Crippen molar-refractivity contribution in [3.63, 3.8) is 0 Å². The van der Waals surface area contributed by atoms with E-state index < -0.39 is 0 Å². The van der Waals surface area contributed by atoms with Crippen LogP contribution in [0.1, 0.15) is 85.5 Å². The molecule has 1 aliphatic heterocycles. The summed E-state index contributed by atoms with van der Waals surface area (Å²) < 4.78 is 5.40. The first-order valence-electron chi connectivity index (χ1n) is 13.4. The van der Waals surface area contributed by atoms with Crippen LogP contribution in [0.15, 0.2) is 0 Å². The number of carbonyl (C=O) groups excluding carboxylic acids is 1. The predicted octanol–water partition coefficient (Wildman–Crippen LogP) is 5.73. The number of ether oxygens (including phenoxy) is 1. The molecule has 0 bridgehead atoms. The second-order valence-electron chi connectivity index (χ2n) is 12.1. The number of rotatable bonds is 8. The standard InChI is InChI=1S/C27H49ClN2O2/c1-19(2)25(29-16-20-7-6-8-21(15-20)17-32-5)26(31)30-14-13-24(27(3,4)18-30)22-9-11-23(28)12-10-22/h19-25,29H,6-18H2,1-5H3/t20-,21+,22?,23?,24?,25-/m1/s1. The molecule has 186 valence electrons. The Morgan fingerprint density at radius 2 is 1.78 bits per heavy atom. The van der Waals surface area contributed by atoms with Crippen LogP contribution in [0.3, 0.4) is 0 Å². The second kappa shape index (κ2) is 11.9. The number of halogens is 1. The minimum absolute atomic E-state index is 0.0724. The van der Waals surface area contributed by atoms with E-state index in [0.717, 1.165) is 51.4 Å². The summed E-state index contributed by atoms with van der Waals surface area (Å²) >= 11 is 6.36. The highest BCUT2D eigenvalue weighted by molar-refractivity contribution is 6.20.